The molecule has 9 atom stereocenters. The smallest absolute Gasteiger partial charge is 0.118 e. The molecule has 2 saturated carbocycles. The molecule has 0 radical (unpaired) electrons. The number of ether oxygens (including phenoxy) is 1. The zero-order chi connectivity index (χ0) is 21.5. The van der Waals surface area contributed by atoms with Crippen molar-refractivity contribution in [2.24, 2.45) is 34.5 Å². The standard InChI is InChI=1S/C27H42O3/c1-16(2)7-6-8-17(3)19-9-10-20-22-21(12-13-25(19,20)4)26(5)14-11-18(28)15-27(26)24(30-27)23(22)29/h6,8,16-20,23-24,28-29H,7,9-15H2,1-5H3/b8-6+/t17-,18+,19-,20+,23+,24+,25-,26-,27+/m1/s1. The monoisotopic (exact) mass is 414 g/mol. The molecule has 1 aliphatic heterocycles. The Morgan fingerprint density at radius 3 is 2.60 bits per heavy atom. The van der Waals surface area contributed by atoms with Crippen LogP contribution in [-0.2, 0) is 4.74 Å². The average molecular weight is 415 g/mol. The lowest BCUT2D eigenvalue weighted by molar-refractivity contribution is -0.000634. The highest BCUT2D eigenvalue weighted by Gasteiger charge is 2.76. The minimum atomic E-state index is -0.464. The van der Waals surface area contributed by atoms with Crippen molar-refractivity contribution in [1.82, 2.24) is 0 Å². The molecular formula is C27H42O3. The van der Waals surface area contributed by atoms with Crippen molar-refractivity contribution >= 4 is 0 Å². The normalized spacial score (nSPS) is 50.9. The summed E-state index contributed by atoms with van der Waals surface area (Å²) in [5.74, 6) is 2.50. The number of aliphatic hydroxyl groups excluding tert-OH is 2. The van der Waals surface area contributed by atoms with Crippen molar-refractivity contribution in [2.75, 3.05) is 0 Å². The van der Waals surface area contributed by atoms with Crippen LogP contribution in [0.15, 0.2) is 23.3 Å². The fourth-order valence-corrected chi connectivity index (χ4v) is 8.46. The second kappa shape index (κ2) is 6.93. The van der Waals surface area contributed by atoms with E-state index in [1.54, 1.807) is 0 Å². The van der Waals surface area contributed by atoms with Gasteiger partial charge in [-0.1, -0.05) is 52.3 Å². The van der Waals surface area contributed by atoms with E-state index in [-0.39, 0.29) is 28.6 Å². The summed E-state index contributed by atoms with van der Waals surface area (Å²) in [7, 11) is 0. The molecule has 1 saturated heterocycles. The molecule has 2 N–H and O–H groups in total. The maximum Gasteiger partial charge on any atom is 0.118 e. The van der Waals surface area contributed by atoms with E-state index in [0.717, 1.165) is 25.7 Å². The predicted molar refractivity (Wildman–Crippen MR) is 120 cm³/mol. The molecule has 1 spiro atoms. The van der Waals surface area contributed by atoms with Gasteiger partial charge in [-0.3, -0.25) is 0 Å². The number of epoxide rings is 1. The molecule has 3 heteroatoms. The molecule has 0 bridgehead atoms. The highest BCUT2D eigenvalue weighted by atomic mass is 16.6. The maximum absolute atomic E-state index is 11.5. The maximum atomic E-state index is 11.5. The van der Waals surface area contributed by atoms with E-state index in [2.05, 4.69) is 46.8 Å². The van der Waals surface area contributed by atoms with E-state index < -0.39 is 6.10 Å². The summed E-state index contributed by atoms with van der Waals surface area (Å²) >= 11 is 0. The number of hydrogen-bond donors (Lipinski definition) is 2. The van der Waals surface area contributed by atoms with Crippen LogP contribution in [0, 0.1) is 34.5 Å². The van der Waals surface area contributed by atoms with Crippen LogP contribution in [0.25, 0.3) is 0 Å². The lowest BCUT2D eigenvalue weighted by Crippen LogP contribution is -2.55. The minimum absolute atomic E-state index is 0.00760. The molecule has 1 heterocycles. The molecule has 30 heavy (non-hydrogen) atoms. The number of aliphatic hydroxyl groups is 2. The molecule has 0 aromatic carbocycles. The molecule has 4 aliphatic carbocycles. The van der Waals surface area contributed by atoms with Crippen LogP contribution in [0.2, 0.25) is 0 Å². The van der Waals surface area contributed by atoms with Crippen LogP contribution in [0.3, 0.4) is 0 Å². The fraction of sp³-hybridized carbons (Fsp3) is 0.852. The van der Waals surface area contributed by atoms with Gasteiger partial charge >= 0.3 is 0 Å². The second-order valence-electron chi connectivity index (χ2n) is 12.2. The first-order valence-electron chi connectivity index (χ1n) is 12.6. The van der Waals surface area contributed by atoms with Crippen molar-refractivity contribution in [1.29, 1.82) is 0 Å². The van der Waals surface area contributed by atoms with Gasteiger partial charge in [-0.2, -0.15) is 0 Å². The van der Waals surface area contributed by atoms with Crippen LogP contribution in [0.5, 0.6) is 0 Å². The summed E-state index contributed by atoms with van der Waals surface area (Å²) in [4.78, 5) is 0. The SMILES string of the molecule is CC(C)C/C=C/[C@@H](C)[C@H]1CC[C@H]2C3=C(CC[C@]12C)[C@@]1(C)CC[C@H](O)C[C@@]12O[C@H]2[C@H]3O. The lowest BCUT2D eigenvalue weighted by Gasteiger charge is -2.54. The van der Waals surface area contributed by atoms with Crippen LogP contribution < -0.4 is 0 Å². The first-order valence-corrected chi connectivity index (χ1v) is 12.6. The Morgan fingerprint density at radius 1 is 1.10 bits per heavy atom. The van der Waals surface area contributed by atoms with Crippen molar-refractivity contribution in [3.05, 3.63) is 23.3 Å². The van der Waals surface area contributed by atoms with Gasteiger partial charge in [-0.15, -0.1) is 0 Å². The molecule has 5 aliphatic rings. The Labute approximate surface area is 183 Å². The van der Waals surface area contributed by atoms with Gasteiger partial charge < -0.3 is 14.9 Å². The van der Waals surface area contributed by atoms with Crippen molar-refractivity contribution in [3.63, 3.8) is 0 Å². The van der Waals surface area contributed by atoms with E-state index in [4.69, 9.17) is 4.74 Å². The van der Waals surface area contributed by atoms with Crippen LogP contribution in [-0.4, -0.2) is 34.1 Å². The van der Waals surface area contributed by atoms with Gasteiger partial charge in [0.2, 0.25) is 0 Å². The molecule has 168 valence electrons. The lowest BCUT2D eigenvalue weighted by atomic mass is 9.50. The largest absolute Gasteiger partial charge is 0.393 e. The van der Waals surface area contributed by atoms with Gasteiger partial charge in [0, 0.05) is 11.8 Å². The van der Waals surface area contributed by atoms with Crippen molar-refractivity contribution in [2.45, 2.75) is 110 Å². The van der Waals surface area contributed by atoms with Gasteiger partial charge in [-0.05, 0) is 79.6 Å². The Bertz CT molecular complexity index is 768. The Morgan fingerprint density at radius 2 is 1.87 bits per heavy atom. The van der Waals surface area contributed by atoms with Crippen molar-refractivity contribution in [3.8, 4) is 0 Å². The number of fused-ring (bicyclic) bond motifs is 3. The van der Waals surface area contributed by atoms with Crippen LogP contribution in [0.1, 0.15) is 86.0 Å². The molecular weight excluding hydrogens is 372 g/mol. The summed E-state index contributed by atoms with van der Waals surface area (Å²) in [5, 5.41) is 21.8. The van der Waals surface area contributed by atoms with E-state index >= 15 is 0 Å². The first-order chi connectivity index (χ1) is 14.1. The molecule has 0 unspecified atom stereocenters. The van der Waals surface area contributed by atoms with E-state index in [9.17, 15) is 10.2 Å². The third-order valence-corrected chi connectivity index (χ3v) is 10.2. The van der Waals surface area contributed by atoms with Gasteiger partial charge in [0.1, 0.15) is 17.8 Å². The first kappa shape index (κ1) is 21.2. The third kappa shape index (κ3) is 2.74. The summed E-state index contributed by atoms with van der Waals surface area (Å²) < 4.78 is 6.32. The van der Waals surface area contributed by atoms with Crippen LogP contribution >= 0.6 is 0 Å². The molecule has 0 aromatic rings. The molecule has 3 nitrogen and oxygen atoms in total. The quantitative estimate of drug-likeness (QED) is 0.478. The molecule has 5 rings (SSSR count). The second-order valence-corrected chi connectivity index (χ2v) is 12.2. The Hall–Kier alpha value is -0.640. The number of hydrogen-bond acceptors (Lipinski definition) is 3. The zero-order valence-corrected chi connectivity index (χ0v) is 19.7. The fourth-order valence-electron chi connectivity index (χ4n) is 8.46. The highest BCUT2D eigenvalue weighted by molar-refractivity contribution is 5.45. The summed E-state index contributed by atoms with van der Waals surface area (Å²) in [6, 6.07) is 0. The Kier molecular flexibility index (Phi) is 4.90. The topological polar surface area (TPSA) is 53.0 Å². The Balaban J connectivity index is 1.46. The molecule has 0 aromatic heterocycles. The van der Waals surface area contributed by atoms with Gasteiger partial charge in [0.05, 0.1) is 6.10 Å². The van der Waals surface area contributed by atoms with E-state index in [0.29, 0.717) is 30.1 Å². The highest BCUT2D eigenvalue weighted by Crippen LogP contribution is 2.72. The number of allylic oxidation sites excluding steroid dienone is 2. The number of rotatable bonds is 4. The zero-order valence-electron chi connectivity index (χ0n) is 19.7. The summed E-state index contributed by atoms with van der Waals surface area (Å²) in [6.07, 6.45) is 12.6. The van der Waals surface area contributed by atoms with Gasteiger partial charge in [0.15, 0.2) is 0 Å². The van der Waals surface area contributed by atoms with E-state index in [1.165, 1.54) is 30.4 Å². The average Bonchev–Trinajstić information content (AvgIpc) is 3.29. The minimum Gasteiger partial charge on any atom is -0.393 e. The molecule has 0 amide bonds. The van der Waals surface area contributed by atoms with Crippen LogP contribution in [0.4, 0.5) is 0 Å². The predicted octanol–water partition coefficient (Wildman–Crippen LogP) is 5.41. The van der Waals surface area contributed by atoms with Crippen molar-refractivity contribution < 1.29 is 14.9 Å². The summed E-state index contributed by atoms with van der Waals surface area (Å²) in [5.41, 5.74) is 2.86. The van der Waals surface area contributed by atoms with Gasteiger partial charge in [-0.25, -0.2) is 0 Å². The summed E-state index contributed by atoms with van der Waals surface area (Å²) in [6.45, 7) is 11.9. The van der Waals surface area contributed by atoms with E-state index in [1.807, 2.05) is 0 Å². The molecule has 3 fully saturated rings. The van der Waals surface area contributed by atoms with Gasteiger partial charge in [0.25, 0.3) is 0 Å². The third-order valence-electron chi connectivity index (χ3n) is 10.2.